The topological polar surface area (TPSA) is 0 Å². The molecule has 0 aromatic heterocycles. The SMILES string of the molecule is CC(C)C1CCCC1.CC1(C)CCCCC1.CC1C2CCC1CC2.CC1CC(C)C(C)C1.CC1CC(C)[C@@H](C)C1.CC1CCC(C)(C)C1.CC1CCC(C)C1C.CC1CCC(C)C1C.CC1CCC(C)CC1.CC1CCCC1(C)C.CCC1(C)CCCC1.CCC1(C)CCCC1.CCC1CCCC1C.CCCC1CCCC1.C[C@H]1CC2CCC1C2.C[C@H]1CCC(C)(C)C1.C[C@H]1CCCC1(C)C. The first-order valence-electron chi connectivity index (χ1n) is 63.6. The van der Waals surface area contributed by atoms with Gasteiger partial charge in [-0.2, -0.15) is 0 Å². The maximum absolute atomic E-state index is 2.44. The predicted octanol–water partition coefficient (Wildman–Crippen LogP) is 47.4. The van der Waals surface area contributed by atoms with Gasteiger partial charge in [0.15, 0.2) is 0 Å². The van der Waals surface area contributed by atoms with Crippen molar-refractivity contribution in [3.05, 3.63) is 0 Å². The van der Waals surface area contributed by atoms with E-state index in [0.717, 1.165) is 182 Å². The molecule has 0 saturated heterocycles. The summed E-state index contributed by atoms with van der Waals surface area (Å²) in [5.41, 5.74) is 4.79. The first-order chi connectivity index (χ1) is 63.6. The highest BCUT2D eigenvalue weighted by atomic mass is 14.5. The summed E-state index contributed by atoms with van der Waals surface area (Å²) in [5.74, 6) is 29.8. The molecule has 19 rings (SSSR count). The molecule has 0 N–H and O–H groups in total. The van der Waals surface area contributed by atoms with Gasteiger partial charge in [-0.25, -0.2) is 0 Å². The van der Waals surface area contributed by atoms with E-state index in [4.69, 9.17) is 0 Å². The van der Waals surface area contributed by atoms with Crippen LogP contribution in [0.2, 0.25) is 0 Å². The fourth-order valence-electron chi connectivity index (χ4n) is 29.9. The second-order valence-corrected chi connectivity index (χ2v) is 59.8. The molecule has 19 aliphatic carbocycles. The molecule has 0 heterocycles. The van der Waals surface area contributed by atoms with Crippen LogP contribution < -0.4 is 0 Å². The molecule has 812 valence electrons. The van der Waals surface area contributed by atoms with Gasteiger partial charge in [-0.1, -0.05) is 514 Å². The lowest BCUT2D eigenvalue weighted by atomic mass is 9.78. The van der Waals surface area contributed by atoms with Crippen LogP contribution >= 0.6 is 0 Å². The number of hydrogen-bond acceptors (Lipinski definition) is 0. The van der Waals surface area contributed by atoms with Crippen molar-refractivity contribution < 1.29 is 0 Å². The van der Waals surface area contributed by atoms with Crippen LogP contribution in [0.25, 0.3) is 0 Å². The first kappa shape index (κ1) is 130. The molecule has 0 aromatic rings. The summed E-state index contributed by atoms with van der Waals surface area (Å²) in [6.07, 6.45) is 90.0. The number of fused-ring (bicyclic) bond motifs is 4. The minimum Gasteiger partial charge on any atom is -0.0654 e. The third kappa shape index (κ3) is 53.7. The highest BCUT2D eigenvalue weighted by Gasteiger charge is 2.40. The Morgan fingerprint density at radius 1 is 0.235 bits per heavy atom. The van der Waals surface area contributed by atoms with E-state index in [1.54, 1.807) is 51.4 Å². The summed E-state index contributed by atoms with van der Waals surface area (Å²) < 4.78 is 0. The van der Waals surface area contributed by atoms with E-state index in [9.17, 15) is 0 Å². The van der Waals surface area contributed by atoms with Gasteiger partial charge in [0, 0.05) is 0 Å². The quantitative estimate of drug-likeness (QED) is 0.249. The lowest BCUT2D eigenvalue weighted by Crippen LogP contribution is -2.14. The van der Waals surface area contributed by atoms with Gasteiger partial charge in [-0.05, 0) is 357 Å². The van der Waals surface area contributed by atoms with Crippen molar-refractivity contribution in [2.75, 3.05) is 0 Å². The van der Waals surface area contributed by atoms with Crippen LogP contribution in [0.1, 0.15) is 662 Å². The summed E-state index contributed by atoms with van der Waals surface area (Å²) in [6, 6.07) is 0. The third-order valence-electron chi connectivity index (χ3n) is 44.1. The molecule has 0 radical (unpaired) electrons. The van der Waals surface area contributed by atoms with Gasteiger partial charge >= 0.3 is 0 Å². The zero-order valence-corrected chi connectivity index (χ0v) is 102. The Morgan fingerprint density at radius 3 is 0.743 bits per heavy atom. The molecular weight excluding hydrogens is 1630 g/mol. The maximum atomic E-state index is 2.44. The molecule has 0 aromatic carbocycles. The Hall–Kier alpha value is 0. The molecule has 19 fully saturated rings. The van der Waals surface area contributed by atoms with Gasteiger partial charge in [0.1, 0.15) is 0 Å². The van der Waals surface area contributed by atoms with Crippen molar-refractivity contribution >= 4 is 0 Å². The van der Waals surface area contributed by atoms with E-state index in [1.165, 1.54) is 340 Å². The Balaban J connectivity index is 0.000000372. The van der Waals surface area contributed by atoms with Crippen LogP contribution in [0.5, 0.6) is 0 Å². The third-order valence-corrected chi connectivity index (χ3v) is 44.1. The van der Waals surface area contributed by atoms with Gasteiger partial charge in [0.05, 0.1) is 0 Å². The molecule has 4 bridgehead atoms. The van der Waals surface area contributed by atoms with Crippen LogP contribution in [0.15, 0.2) is 0 Å². The van der Waals surface area contributed by atoms with Crippen LogP contribution in [-0.4, -0.2) is 0 Å². The molecule has 136 heavy (non-hydrogen) atoms. The molecule has 0 spiro atoms. The van der Waals surface area contributed by atoms with E-state index in [1.807, 2.05) is 0 Å². The van der Waals surface area contributed by atoms with Crippen molar-refractivity contribution in [1.82, 2.24) is 0 Å². The summed E-state index contributed by atoms with van der Waals surface area (Å²) in [5, 5.41) is 0. The van der Waals surface area contributed by atoms with Crippen LogP contribution in [0.4, 0.5) is 0 Å². The van der Waals surface area contributed by atoms with Crippen LogP contribution in [0, 0.1) is 210 Å². The number of rotatable bonds is 6. The molecular formula is C136H268. The average molecular weight is 1900 g/mol. The smallest absolute Gasteiger partial charge is 0.0328 e. The van der Waals surface area contributed by atoms with Crippen molar-refractivity contribution in [3.8, 4) is 0 Å². The molecule has 18 atom stereocenters. The van der Waals surface area contributed by atoms with Gasteiger partial charge in [-0.15, -0.1) is 0 Å². The zero-order valence-electron chi connectivity index (χ0n) is 102. The second kappa shape index (κ2) is 67.1. The average Bonchev–Trinajstić information content (AvgIpc) is 1.68. The standard InChI is InChI=1S/2C8H14.15C8H16/c1-6-4-7-2-3-8(6)5-7;1-6-7-2-3-8(6)5-4-7;2*1-6-4-7(2)8(3)5-6;2*1-7-4-5-8(2,3)6-7;2*1-7-5-4-6-8(7,2)3;2*1-6-4-5-7(2)8(6)3;1-7-3-5-8(2)6-4-7;1-8(2)6-4-3-5-7-8;1-7(2)8-5-3-4-6-8;2*1-3-8(2)6-4-5-7-8;1-3-8-6-4-5-7(8)2;1-2-5-8-6-3-4-7-8/h2*6-8H,2-5H2,1H3;2*6-8H,4-5H2,1-3H3;4*7H,4-6H2,1-3H3;2*6-8H,4-5H2,1-3H3;7-8H,3-6H2,1-2H3;3-7H2,1-2H3;7-8H,3-6H2,1-2H3;2*3-7H2,1-2H3;7-8H,3-6H2,1-2H3;8H,2-7H2,1H3/t6-,7?,8?;;6?,7-,8?;;7-;;7-;;;;;;;;;;/m0.0.0.0........../s1. The molecule has 14 unspecified atom stereocenters. The van der Waals surface area contributed by atoms with Gasteiger partial charge in [0.2, 0.25) is 0 Å². The predicted molar refractivity (Wildman–Crippen MR) is 621 cm³/mol. The summed E-state index contributed by atoms with van der Waals surface area (Å²) >= 11 is 0. The van der Waals surface area contributed by atoms with E-state index in [2.05, 4.69) is 270 Å². The summed E-state index contributed by atoms with van der Waals surface area (Å²) in [4.78, 5) is 0. The van der Waals surface area contributed by atoms with E-state index in [0.29, 0.717) is 27.1 Å². The Bertz CT molecular complexity index is 2590. The zero-order chi connectivity index (χ0) is 102. The molecule has 0 amide bonds. The lowest BCUT2D eigenvalue weighted by molar-refractivity contribution is 0.244. The van der Waals surface area contributed by atoms with Gasteiger partial charge in [0.25, 0.3) is 0 Å². The molecule has 0 heteroatoms. The van der Waals surface area contributed by atoms with E-state index < -0.39 is 0 Å². The largest absolute Gasteiger partial charge is 0.0654 e. The van der Waals surface area contributed by atoms with Crippen molar-refractivity contribution in [1.29, 1.82) is 0 Å². The first-order valence-corrected chi connectivity index (χ1v) is 63.6. The Kier molecular flexibility index (Phi) is 64.3. The Morgan fingerprint density at radius 2 is 0.588 bits per heavy atom. The highest BCUT2D eigenvalue weighted by molar-refractivity contribution is 4.91. The molecule has 0 nitrogen and oxygen atoms in total. The van der Waals surface area contributed by atoms with E-state index >= 15 is 0 Å². The minimum atomic E-state index is 0.653. The molecule has 19 aliphatic rings. The maximum Gasteiger partial charge on any atom is -0.0328 e. The Labute approximate surface area is 865 Å². The van der Waals surface area contributed by atoms with Crippen molar-refractivity contribution in [2.45, 2.75) is 662 Å². The van der Waals surface area contributed by atoms with Crippen LogP contribution in [0.3, 0.4) is 0 Å². The lowest BCUT2D eigenvalue weighted by Gasteiger charge is -2.28. The summed E-state index contributed by atoms with van der Waals surface area (Å²) in [7, 11) is 0. The fraction of sp³-hybridized carbons (Fsp3) is 1.00. The molecule has 19 saturated carbocycles. The summed E-state index contributed by atoms with van der Waals surface area (Å²) in [6.45, 7) is 92.4. The van der Waals surface area contributed by atoms with Crippen LogP contribution in [-0.2, 0) is 0 Å². The normalized spacial score (nSPS) is 37.8. The highest BCUT2D eigenvalue weighted by Crippen LogP contribution is 2.52. The van der Waals surface area contributed by atoms with E-state index in [-0.39, 0.29) is 0 Å². The monoisotopic (exact) mass is 1900 g/mol. The fourth-order valence-corrected chi connectivity index (χ4v) is 29.9. The molecule has 0 aliphatic heterocycles. The minimum absolute atomic E-state index is 0.653. The van der Waals surface area contributed by atoms with Crippen molar-refractivity contribution in [3.63, 3.8) is 0 Å². The van der Waals surface area contributed by atoms with Gasteiger partial charge < -0.3 is 0 Å². The van der Waals surface area contributed by atoms with Gasteiger partial charge in [-0.3, -0.25) is 0 Å². The van der Waals surface area contributed by atoms with Crippen molar-refractivity contribution in [2.24, 2.45) is 210 Å². The second-order valence-electron chi connectivity index (χ2n) is 59.8. The number of hydrogen-bond donors (Lipinski definition) is 0.